The minimum Gasteiger partial charge on any atom is -0.383 e. The number of halogens is 4. The number of aliphatic hydroxyl groups is 1. The summed E-state index contributed by atoms with van der Waals surface area (Å²) in [4.78, 5) is 0. The van der Waals surface area contributed by atoms with Gasteiger partial charge in [-0.2, -0.15) is 0 Å². The SMILES string of the molecule is OC(c1ccc(Br)cc1)c1c(F)cc(Br)cc1F. The molecule has 0 saturated carbocycles. The van der Waals surface area contributed by atoms with E-state index in [1.807, 2.05) is 0 Å². The molecule has 0 aliphatic carbocycles. The Morgan fingerprint density at radius 3 is 1.89 bits per heavy atom. The van der Waals surface area contributed by atoms with Gasteiger partial charge in [0.15, 0.2) is 0 Å². The van der Waals surface area contributed by atoms with Gasteiger partial charge in [0.25, 0.3) is 0 Å². The molecule has 0 saturated heterocycles. The molecule has 1 nitrogen and oxygen atoms in total. The van der Waals surface area contributed by atoms with Crippen LogP contribution < -0.4 is 0 Å². The van der Waals surface area contributed by atoms with Gasteiger partial charge < -0.3 is 5.11 Å². The lowest BCUT2D eigenvalue weighted by Crippen LogP contribution is -2.05. The smallest absolute Gasteiger partial charge is 0.133 e. The topological polar surface area (TPSA) is 20.2 Å². The Morgan fingerprint density at radius 2 is 1.39 bits per heavy atom. The van der Waals surface area contributed by atoms with Crippen molar-refractivity contribution in [3.05, 3.63) is 68.1 Å². The number of hydrogen-bond acceptors (Lipinski definition) is 1. The van der Waals surface area contributed by atoms with Crippen LogP contribution in [-0.4, -0.2) is 5.11 Å². The molecule has 1 unspecified atom stereocenters. The van der Waals surface area contributed by atoms with E-state index in [9.17, 15) is 13.9 Å². The lowest BCUT2D eigenvalue weighted by Gasteiger charge is -2.13. The summed E-state index contributed by atoms with van der Waals surface area (Å²) in [5.41, 5.74) is 0.0823. The van der Waals surface area contributed by atoms with Gasteiger partial charge in [0.2, 0.25) is 0 Å². The van der Waals surface area contributed by atoms with E-state index in [-0.39, 0.29) is 5.56 Å². The molecule has 0 radical (unpaired) electrons. The van der Waals surface area contributed by atoms with E-state index in [0.29, 0.717) is 10.0 Å². The summed E-state index contributed by atoms with van der Waals surface area (Å²) >= 11 is 6.25. The molecule has 0 aliphatic rings. The molecule has 2 rings (SSSR count). The third kappa shape index (κ3) is 2.79. The molecule has 1 N–H and O–H groups in total. The highest BCUT2D eigenvalue weighted by molar-refractivity contribution is 9.10. The molecule has 2 aromatic carbocycles. The second kappa shape index (κ2) is 5.47. The van der Waals surface area contributed by atoms with Gasteiger partial charge in [0.1, 0.15) is 17.7 Å². The van der Waals surface area contributed by atoms with Crippen molar-refractivity contribution in [1.82, 2.24) is 0 Å². The highest BCUT2D eigenvalue weighted by atomic mass is 79.9. The molecule has 18 heavy (non-hydrogen) atoms. The van der Waals surface area contributed by atoms with Crippen LogP contribution in [0.3, 0.4) is 0 Å². The number of rotatable bonds is 2. The quantitative estimate of drug-likeness (QED) is 0.812. The summed E-state index contributed by atoms with van der Waals surface area (Å²) in [6, 6.07) is 8.87. The summed E-state index contributed by atoms with van der Waals surface area (Å²) in [5, 5.41) is 10.0. The van der Waals surface area contributed by atoms with E-state index in [1.165, 1.54) is 0 Å². The van der Waals surface area contributed by atoms with Crippen LogP contribution in [0.2, 0.25) is 0 Å². The lowest BCUT2D eigenvalue weighted by molar-refractivity contribution is 0.209. The Balaban J connectivity index is 2.46. The normalized spacial score (nSPS) is 12.5. The molecular weight excluding hydrogens is 370 g/mol. The molecular formula is C13H8Br2F2O. The van der Waals surface area contributed by atoms with E-state index >= 15 is 0 Å². The minimum absolute atomic E-state index is 0.296. The summed E-state index contributed by atoms with van der Waals surface area (Å²) in [6.07, 6.45) is -1.33. The van der Waals surface area contributed by atoms with Crippen molar-refractivity contribution < 1.29 is 13.9 Å². The van der Waals surface area contributed by atoms with E-state index in [1.54, 1.807) is 24.3 Å². The molecule has 0 aromatic heterocycles. The first-order chi connectivity index (χ1) is 8.49. The summed E-state index contributed by atoms with van der Waals surface area (Å²) in [6.45, 7) is 0. The van der Waals surface area contributed by atoms with E-state index in [0.717, 1.165) is 16.6 Å². The summed E-state index contributed by atoms with van der Waals surface area (Å²) < 4.78 is 28.5. The van der Waals surface area contributed by atoms with Crippen molar-refractivity contribution in [3.8, 4) is 0 Å². The van der Waals surface area contributed by atoms with Crippen LogP contribution in [0.5, 0.6) is 0 Å². The molecule has 0 heterocycles. The van der Waals surface area contributed by atoms with Crippen LogP contribution in [0.4, 0.5) is 8.78 Å². The molecule has 5 heteroatoms. The van der Waals surface area contributed by atoms with Gasteiger partial charge in [-0.25, -0.2) is 8.78 Å². The van der Waals surface area contributed by atoms with Crippen molar-refractivity contribution in [2.24, 2.45) is 0 Å². The number of aliphatic hydroxyl groups excluding tert-OH is 1. The maximum Gasteiger partial charge on any atom is 0.133 e. The molecule has 0 spiro atoms. The van der Waals surface area contributed by atoms with Crippen LogP contribution in [0.1, 0.15) is 17.2 Å². The fourth-order valence-corrected chi connectivity index (χ4v) is 2.29. The minimum atomic E-state index is -1.33. The molecule has 0 amide bonds. The van der Waals surface area contributed by atoms with Gasteiger partial charge in [0, 0.05) is 8.95 Å². The van der Waals surface area contributed by atoms with Crippen molar-refractivity contribution in [2.75, 3.05) is 0 Å². The Labute approximate surface area is 120 Å². The first-order valence-corrected chi connectivity index (χ1v) is 6.65. The standard InChI is InChI=1S/C13H8Br2F2O/c14-8-3-1-7(2-4-8)13(18)12-10(16)5-9(15)6-11(12)17/h1-6,13,18H. The Kier molecular flexibility index (Phi) is 4.14. The predicted octanol–water partition coefficient (Wildman–Crippen LogP) is 4.57. The molecule has 0 bridgehead atoms. The molecule has 94 valence electrons. The monoisotopic (exact) mass is 376 g/mol. The van der Waals surface area contributed by atoms with Crippen molar-refractivity contribution in [1.29, 1.82) is 0 Å². The average molecular weight is 378 g/mol. The third-order valence-corrected chi connectivity index (χ3v) is 3.49. The Hall–Kier alpha value is -0.780. The van der Waals surface area contributed by atoms with Crippen LogP contribution in [0, 0.1) is 11.6 Å². The Morgan fingerprint density at radius 1 is 0.889 bits per heavy atom. The van der Waals surface area contributed by atoms with Crippen LogP contribution in [0.25, 0.3) is 0 Å². The predicted molar refractivity (Wildman–Crippen MR) is 72.3 cm³/mol. The van der Waals surface area contributed by atoms with Crippen LogP contribution in [0.15, 0.2) is 45.3 Å². The first kappa shape index (κ1) is 13.6. The third-order valence-electron chi connectivity index (χ3n) is 2.50. The van der Waals surface area contributed by atoms with Crippen LogP contribution in [-0.2, 0) is 0 Å². The summed E-state index contributed by atoms with van der Waals surface area (Å²) in [5.74, 6) is -1.56. The van der Waals surface area contributed by atoms with Gasteiger partial charge in [-0.05, 0) is 29.8 Å². The Bertz CT molecular complexity index is 547. The molecule has 2 aromatic rings. The highest BCUT2D eigenvalue weighted by Crippen LogP contribution is 2.29. The van der Waals surface area contributed by atoms with Gasteiger partial charge >= 0.3 is 0 Å². The number of hydrogen-bond donors (Lipinski definition) is 1. The van der Waals surface area contributed by atoms with Gasteiger partial charge in [-0.1, -0.05) is 44.0 Å². The van der Waals surface area contributed by atoms with E-state index in [4.69, 9.17) is 0 Å². The maximum absolute atomic E-state index is 13.7. The first-order valence-electron chi connectivity index (χ1n) is 5.07. The van der Waals surface area contributed by atoms with E-state index < -0.39 is 17.7 Å². The van der Waals surface area contributed by atoms with Gasteiger partial charge in [-0.3, -0.25) is 0 Å². The van der Waals surface area contributed by atoms with Crippen molar-refractivity contribution in [3.63, 3.8) is 0 Å². The molecule has 0 fully saturated rings. The zero-order chi connectivity index (χ0) is 13.3. The zero-order valence-electron chi connectivity index (χ0n) is 9.00. The maximum atomic E-state index is 13.7. The van der Waals surface area contributed by atoms with Crippen molar-refractivity contribution >= 4 is 31.9 Å². The molecule has 1 atom stereocenters. The summed E-state index contributed by atoms with van der Waals surface area (Å²) in [7, 11) is 0. The molecule has 0 aliphatic heterocycles. The van der Waals surface area contributed by atoms with Crippen molar-refractivity contribution in [2.45, 2.75) is 6.10 Å². The second-order valence-electron chi connectivity index (χ2n) is 3.74. The van der Waals surface area contributed by atoms with Gasteiger partial charge in [-0.15, -0.1) is 0 Å². The van der Waals surface area contributed by atoms with E-state index in [2.05, 4.69) is 31.9 Å². The lowest BCUT2D eigenvalue weighted by atomic mass is 10.0. The second-order valence-corrected chi connectivity index (χ2v) is 5.57. The van der Waals surface area contributed by atoms with Gasteiger partial charge in [0.05, 0.1) is 5.56 Å². The fraction of sp³-hybridized carbons (Fsp3) is 0.0769. The number of benzene rings is 2. The fourth-order valence-electron chi connectivity index (χ4n) is 1.63. The average Bonchev–Trinajstić information content (AvgIpc) is 2.28. The van der Waals surface area contributed by atoms with Crippen LogP contribution >= 0.6 is 31.9 Å². The highest BCUT2D eigenvalue weighted by Gasteiger charge is 2.20. The largest absolute Gasteiger partial charge is 0.383 e. The zero-order valence-corrected chi connectivity index (χ0v) is 12.2.